The average Bonchev–Trinajstić information content (AvgIpc) is 2.97. The number of nitrogens with zero attached hydrogens (tertiary/aromatic N) is 4. The Morgan fingerprint density at radius 1 is 1.26 bits per heavy atom. The zero-order valence-corrected chi connectivity index (χ0v) is 15.2. The molecule has 0 aliphatic rings. The van der Waals surface area contributed by atoms with Gasteiger partial charge in [0.25, 0.3) is 0 Å². The standard InChI is InChI=1S/C17H16ClF3N5O/c1-10-3-4-11(12(7-10)26-6-5-25(2)9-26)15(17(19,20)21)27-14-8-13(18)23-16(22)24-14/h3-9,15H,1-2H3,(H2,22,23,24)/q+1/t15-/m1/s1. The summed E-state index contributed by atoms with van der Waals surface area (Å²) in [5.41, 5.74) is 6.52. The van der Waals surface area contributed by atoms with Crippen molar-refractivity contribution in [1.82, 2.24) is 14.5 Å². The lowest BCUT2D eigenvalue weighted by molar-refractivity contribution is -0.670. The topological polar surface area (TPSA) is 69.8 Å². The van der Waals surface area contributed by atoms with E-state index >= 15 is 0 Å². The third kappa shape index (κ3) is 4.30. The van der Waals surface area contributed by atoms with E-state index in [0.717, 1.165) is 11.6 Å². The van der Waals surface area contributed by atoms with Gasteiger partial charge < -0.3 is 10.5 Å². The summed E-state index contributed by atoms with van der Waals surface area (Å²) in [6, 6.07) is 5.71. The SMILES string of the molecule is Cc1ccc([C@@H](Oc2cc(Cl)nc(N)n2)C(F)(F)F)c(-n2cc[n+](C)c2)c1. The van der Waals surface area contributed by atoms with Gasteiger partial charge >= 0.3 is 6.18 Å². The van der Waals surface area contributed by atoms with Crippen LogP contribution < -0.4 is 15.0 Å². The summed E-state index contributed by atoms with van der Waals surface area (Å²) in [7, 11) is 1.77. The van der Waals surface area contributed by atoms with Gasteiger partial charge in [0, 0.05) is 11.6 Å². The highest BCUT2D eigenvalue weighted by molar-refractivity contribution is 6.29. The molecule has 6 nitrogen and oxygen atoms in total. The molecule has 0 saturated heterocycles. The van der Waals surface area contributed by atoms with E-state index in [-0.39, 0.29) is 22.5 Å². The minimum atomic E-state index is -4.70. The minimum Gasteiger partial charge on any atom is -0.459 e. The van der Waals surface area contributed by atoms with Gasteiger partial charge in [-0.15, -0.1) is 0 Å². The van der Waals surface area contributed by atoms with Gasteiger partial charge in [-0.2, -0.15) is 18.2 Å². The van der Waals surface area contributed by atoms with Crippen LogP contribution in [0, 0.1) is 6.92 Å². The fourth-order valence-corrected chi connectivity index (χ4v) is 2.77. The van der Waals surface area contributed by atoms with Crippen LogP contribution in [0.3, 0.4) is 0 Å². The number of nitrogen functional groups attached to an aromatic ring is 1. The minimum absolute atomic E-state index is 0.0717. The maximum absolute atomic E-state index is 13.8. The molecule has 0 unspecified atom stereocenters. The highest BCUT2D eigenvalue weighted by Crippen LogP contribution is 2.39. The molecule has 3 aromatic rings. The van der Waals surface area contributed by atoms with Crippen molar-refractivity contribution in [3.63, 3.8) is 0 Å². The molecule has 0 aliphatic carbocycles. The van der Waals surface area contributed by atoms with Crippen molar-refractivity contribution in [3.8, 4) is 11.6 Å². The van der Waals surface area contributed by atoms with Crippen molar-refractivity contribution < 1.29 is 22.5 Å². The smallest absolute Gasteiger partial charge is 0.429 e. The van der Waals surface area contributed by atoms with Crippen LogP contribution in [0.25, 0.3) is 5.69 Å². The van der Waals surface area contributed by atoms with Crippen LogP contribution >= 0.6 is 11.6 Å². The number of aryl methyl sites for hydroxylation is 2. The number of alkyl halides is 3. The lowest BCUT2D eigenvalue weighted by atomic mass is 10.0. The lowest BCUT2D eigenvalue weighted by Gasteiger charge is -2.23. The number of hydrogen-bond acceptors (Lipinski definition) is 4. The van der Waals surface area contributed by atoms with E-state index in [9.17, 15) is 13.2 Å². The molecule has 2 aromatic heterocycles. The average molecular weight is 399 g/mol. The van der Waals surface area contributed by atoms with Gasteiger partial charge in [-0.1, -0.05) is 23.7 Å². The zero-order valence-electron chi connectivity index (χ0n) is 14.4. The Morgan fingerprint density at radius 3 is 2.59 bits per heavy atom. The molecule has 0 spiro atoms. The molecule has 0 radical (unpaired) electrons. The number of rotatable bonds is 4. The molecule has 142 valence electrons. The Morgan fingerprint density at radius 2 is 2.00 bits per heavy atom. The summed E-state index contributed by atoms with van der Waals surface area (Å²) in [4.78, 5) is 7.31. The summed E-state index contributed by atoms with van der Waals surface area (Å²) in [6.45, 7) is 1.80. The maximum atomic E-state index is 13.8. The second kappa shape index (κ2) is 7.07. The van der Waals surface area contributed by atoms with Crippen molar-refractivity contribution in [1.29, 1.82) is 0 Å². The highest BCUT2D eigenvalue weighted by Gasteiger charge is 2.45. The zero-order chi connectivity index (χ0) is 19.8. The van der Waals surface area contributed by atoms with Crippen molar-refractivity contribution in [3.05, 3.63) is 59.3 Å². The molecule has 0 amide bonds. The van der Waals surface area contributed by atoms with Crippen LogP contribution in [-0.4, -0.2) is 20.7 Å². The fraction of sp³-hybridized carbons (Fsp3) is 0.235. The van der Waals surface area contributed by atoms with Crippen molar-refractivity contribution >= 4 is 17.5 Å². The van der Waals surface area contributed by atoms with Gasteiger partial charge in [0.1, 0.15) is 23.2 Å². The normalized spacial score (nSPS) is 12.8. The third-order valence-corrected chi connectivity index (χ3v) is 3.93. The number of ether oxygens (including phenoxy) is 1. The Hall–Kier alpha value is -2.81. The Bertz CT molecular complexity index is 953. The number of hydrogen-bond donors (Lipinski definition) is 1. The third-order valence-electron chi connectivity index (χ3n) is 3.74. The van der Waals surface area contributed by atoms with E-state index in [4.69, 9.17) is 22.1 Å². The van der Waals surface area contributed by atoms with Crippen LogP contribution in [0.15, 0.2) is 43.0 Å². The molecule has 1 aromatic carbocycles. The molecule has 0 fully saturated rings. The second-order valence-electron chi connectivity index (χ2n) is 5.98. The van der Waals surface area contributed by atoms with Crippen LogP contribution in [-0.2, 0) is 7.05 Å². The van der Waals surface area contributed by atoms with Gasteiger partial charge in [-0.25, -0.2) is 14.1 Å². The van der Waals surface area contributed by atoms with E-state index < -0.39 is 12.3 Å². The summed E-state index contributed by atoms with van der Waals surface area (Å²) in [6.07, 6.45) is -1.94. The molecule has 0 aliphatic heterocycles. The van der Waals surface area contributed by atoms with Crippen molar-refractivity contribution in [2.24, 2.45) is 7.05 Å². The summed E-state index contributed by atoms with van der Waals surface area (Å²) < 4.78 is 50.0. The first kappa shape index (κ1) is 19.0. The molecule has 0 saturated carbocycles. The summed E-state index contributed by atoms with van der Waals surface area (Å²) in [5.74, 6) is -0.639. The maximum Gasteiger partial charge on any atom is 0.429 e. The monoisotopic (exact) mass is 398 g/mol. The fourth-order valence-electron chi connectivity index (χ4n) is 2.59. The second-order valence-corrected chi connectivity index (χ2v) is 6.36. The Balaban J connectivity index is 2.11. The summed E-state index contributed by atoms with van der Waals surface area (Å²) in [5, 5.41) is -0.111. The lowest BCUT2D eigenvalue weighted by Crippen LogP contribution is -2.28. The van der Waals surface area contributed by atoms with Crippen LogP contribution in [0.1, 0.15) is 17.2 Å². The van der Waals surface area contributed by atoms with Crippen LogP contribution in [0.5, 0.6) is 5.88 Å². The van der Waals surface area contributed by atoms with E-state index in [1.165, 1.54) is 6.07 Å². The first-order chi connectivity index (χ1) is 12.6. The van der Waals surface area contributed by atoms with Crippen LogP contribution in [0.2, 0.25) is 5.15 Å². The molecule has 2 N–H and O–H groups in total. The van der Waals surface area contributed by atoms with E-state index in [2.05, 4.69) is 9.97 Å². The predicted octanol–water partition coefficient (Wildman–Crippen LogP) is 3.32. The molecule has 0 bridgehead atoms. The molecule has 2 heterocycles. The summed E-state index contributed by atoms with van der Waals surface area (Å²) >= 11 is 5.75. The number of anilines is 1. The highest BCUT2D eigenvalue weighted by atomic mass is 35.5. The molecular formula is C17H16ClF3N5O+. The largest absolute Gasteiger partial charge is 0.459 e. The van der Waals surface area contributed by atoms with E-state index in [1.807, 2.05) is 0 Å². The molecular weight excluding hydrogens is 383 g/mol. The molecule has 3 rings (SSSR count). The molecule has 1 atom stereocenters. The molecule has 27 heavy (non-hydrogen) atoms. The number of nitrogens with two attached hydrogens (primary N) is 1. The van der Waals surface area contributed by atoms with E-state index in [0.29, 0.717) is 5.69 Å². The number of halogens is 4. The van der Waals surface area contributed by atoms with Crippen molar-refractivity contribution in [2.45, 2.75) is 19.2 Å². The molecule has 10 heteroatoms. The van der Waals surface area contributed by atoms with Gasteiger partial charge in [-0.3, -0.25) is 0 Å². The quantitative estimate of drug-likeness (QED) is 0.540. The first-order valence-electron chi connectivity index (χ1n) is 7.81. The van der Waals surface area contributed by atoms with Gasteiger partial charge in [0.15, 0.2) is 0 Å². The Labute approximate surface area is 158 Å². The Kier molecular flexibility index (Phi) is 4.97. The number of benzene rings is 1. The number of imidazole rings is 1. The van der Waals surface area contributed by atoms with Crippen molar-refractivity contribution in [2.75, 3.05) is 5.73 Å². The van der Waals surface area contributed by atoms with Gasteiger partial charge in [0.05, 0.1) is 7.05 Å². The van der Waals surface area contributed by atoms with Crippen LogP contribution in [0.4, 0.5) is 19.1 Å². The van der Waals surface area contributed by atoms with Gasteiger partial charge in [-0.05, 0) is 18.6 Å². The first-order valence-corrected chi connectivity index (χ1v) is 8.19. The van der Waals surface area contributed by atoms with Gasteiger partial charge in [0.2, 0.25) is 24.3 Å². The predicted molar refractivity (Wildman–Crippen MR) is 92.6 cm³/mol. The van der Waals surface area contributed by atoms with E-state index in [1.54, 1.807) is 54.0 Å². The number of aromatic nitrogens is 4.